The number of halogens is 1. The van der Waals surface area contributed by atoms with E-state index in [0.717, 1.165) is 0 Å². The number of hydrogen-bond donors (Lipinski definition) is 2. The van der Waals surface area contributed by atoms with Crippen molar-refractivity contribution in [2.45, 2.75) is 31.4 Å². The highest BCUT2D eigenvalue weighted by molar-refractivity contribution is 6.34. The molecule has 0 aromatic heterocycles. The fraction of sp³-hybridized carbons (Fsp3) is 0.600. The number of hydrogen-bond acceptors (Lipinski definition) is 5. The van der Waals surface area contributed by atoms with E-state index in [9.17, 15) is 5.11 Å². The van der Waals surface area contributed by atoms with Crippen LogP contribution in [0.5, 0.6) is 11.5 Å². The second-order valence-electron chi connectivity index (χ2n) is 5.27. The van der Waals surface area contributed by atoms with Crippen LogP contribution in [0, 0.1) is 0 Å². The van der Waals surface area contributed by atoms with E-state index in [0.29, 0.717) is 48.3 Å². The van der Waals surface area contributed by atoms with Crippen molar-refractivity contribution in [3.8, 4) is 11.5 Å². The molecule has 5 nitrogen and oxygen atoms in total. The summed E-state index contributed by atoms with van der Waals surface area (Å²) in [5, 5.41) is 14.4. The third-order valence-electron chi connectivity index (χ3n) is 4.01. The van der Waals surface area contributed by atoms with Gasteiger partial charge in [-0.1, -0.05) is 11.6 Å². The Bertz CT molecular complexity index is 489. The van der Waals surface area contributed by atoms with Crippen molar-refractivity contribution in [2.75, 3.05) is 32.8 Å². The summed E-state index contributed by atoms with van der Waals surface area (Å²) in [5.74, 6) is 1.18. The van der Waals surface area contributed by atoms with E-state index in [1.807, 2.05) is 6.92 Å². The molecule has 0 amide bonds. The average Bonchev–Trinajstić information content (AvgIpc) is 2.50. The Balaban J connectivity index is 2.21. The van der Waals surface area contributed by atoms with Crippen LogP contribution in [0.3, 0.4) is 0 Å². The van der Waals surface area contributed by atoms with E-state index in [1.54, 1.807) is 26.4 Å². The van der Waals surface area contributed by atoms with Crippen LogP contribution < -0.4 is 14.8 Å². The molecular formula is C15H22ClNO4. The number of methoxy groups -OCH3 is 2. The molecule has 118 valence electrons. The van der Waals surface area contributed by atoms with Gasteiger partial charge in [-0.15, -0.1) is 0 Å². The Morgan fingerprint density at radius 1 is 1.29 bits per heavy atom. The topological polar surface area (TPSA) is 60.0 Å². The van der Waals surface area contributed by atoms with E-state index in [1.165, 1.54) is 0 Å². The van der Waals surface area contributed by atoms with Crippen molar-refractivity contribution < 1.29 is 19.3 Å². The van der Waals surface area contributed by atoms with Gasteiger partial charge in [0.2, 0.25) is 0 Å². The monoisotopic (exact) mass is 315 g/mol. The first kappa shape index (κ1) is 16.2. The lowest BCUT2D eigenvalue weighted by Crippen LogP contribution is -2.49. The Morgan fingerprint density at radius 2 is 1.95 bits per heavy atom. The van der Waals surface area contributed by atoms with Gasteiger partial charge in [-0.25, -0.2) is 0 Å². The van der Waals surface area contributed by atoms with Crippen molar-refractivity contribution in [1.82, 2.24) is 0 Å². The van der Waals surface area contributed by atoms with Crippen LogP contribution in [-0.4, -0.2) is 44.2 Å². The maximum absolute atomic E-state index is 10.7. The Morgan fingerprint density at radius 3 is 2.52 bits per heavy atom. The quantitative estimate of drug-likeness (QED) is 0.875. The van der Waals surface area contributed by atoms with Gasteiger partial charge in [-0.2, -0.15) is 0 Å². The highest BCUT2D eigenvalue weighted by atomic mass is 35.5. The van der Waals surface area contributed by atoms with Gasteiger partial charge in [0, 0.05) is 38.2 Å². The van der Waals surface area contributed by atoms with Crippen molar-refractivity contribution in [1.29, 1.82) is 0 Å². The van der Waals surface area contributed by atoms with Gasteiger partial charge in [-0.3, -0.25) is 0 Å². The number of ether oxygens (including phenoxy) is 3. The predicted molar refractivity (Wildman–Crippen MR) is 82.6 cm³/mol. The lowest BCUT2D eigenvalue weighted by atomic mass is 9.87. The van der Waals surface area contributed by atoms with Crippen LogP contribution in [0.1, 0.15) is 19.8 Å². The molecule has 0 radical (unpaired) electrons. The van der Waals surface area contributed by atoms with Crippen LogP contribution in [0.25, 0.3) is 0 Å². The van der Waals surface area contributed by atoms with Crippen molar-refractivity contribution in [2.24, 2.45) is 0 Å². The van der Waals surface area contributed by atoms with Crippen molar-refractivity contribution >= 4 is 17.3 Å². The number of benzene rings is 1. The van der Waals surface area contributed by atoms with Crippen LogP contribution in [0.15, 0.2) is 12.1 Å². The van der Waals surface area contributed by atoms with Crippen LogP contribution >= 0.6 is 11.6 Å². The first-order valence-electron chi connectivity index (χ1n) is 6.98. The average molecular weight is 316 g/mol. The standard InChI is InChI=1S/C15H22ClNO4/c1-10(15(18)4-6-21-7-5-15)17-12-8-11(19-2)9-13(20-3)14(12)16/h8-10,17-18H,4-7H2,1-3H3. The third kappa shape index (κ3) is 3.54. The minimum absolute atomic E-state index is 0.171. The molecule has 1 aliphatic rings. The molecule has 2 N–H and O–H groups in total. The SMILES string of the molecule is COc1cc(NC(C)C2(O)CCOCC2)c(Cl)c(OC)c1. The molecule has 2 rings (SSSR count). The predicted octanol–water partition coefficient (Wildman–Crippen LogP) is 2.70. The number of rotatable bonds is 5. The summed E-state index contributed by atoms with van der Waals surface area (Å²) in [4.78, 5) is 0. The molecular weight excluding hydrogens is 294 g/mol. The molecule has 6 heteroatoms. The zero-order valence-electron chi connectivity index (χ0n) is 12.6. The summed E-state index contributed by atoms with van der Waals surface area (Å²) in [6.45, 7) is 3.07. The summed E-state index contributed by atoms with van der Waals surface area (Å²) in [5.41, 5.74) is -0.127. The summed E-state index contributed by atoms with van der Waals surface area (Å²) < 4.78 is 15.8. The summed E-state index contributed by atoms with van der Waals surface area (Å²) in [6, 6.07) is 3.35. The molecule has 1 heterocycles. The van der Waals surface area contributed by atoms with Crippen LogP contribution in [0.4, 0.5) is 5.69 Å². The summed E-state index contributed by atoms with van der Waals surface area (Å²) in [7, 11) is 3.14. The zero-order chi connectivity index (χ0) is 15.5. The second kappa shape index (κ2) is 6.73. The molecule has 1 saturated heterocycles. The van der Waals surface area contributed by atoms with Gasteiger partial charge in [0.25, 0.3) is 0 Å². The van der Waals surface area contributed by atoms with E-state index < -0.39 is 5.60 Å². The largest absolute Gasteiger partial charge is 0.497 e. The molecule has 1 unspecified atom stereocenters. The first-order valence-corrected chi connectivity index (χ1v) is 7.36. The number of aliphatic hydroxyl groups is 1. The number of nitrogens with one attached hydrogen (secondary N) is 1. The van der Waals surface area contributed by atoms with Crippen LogP contribution in [-0.2, 0) is 4.74 Å². The Labute approximate surface area is 130 Å². The molecule has 21 heavy (non-hydrogen) atoms. The van der Waals surface area contributed by atoms with Gasteiger partial charge in [0.15, 0.2) is 0 Å². The molecule has 0 bridgehead atoms. The Kier molecular flexibility index (Phi) is 5.19. The van der Waals surface area contributed by atoms with Crippen LogP contribution in [0.2, 0.25) is 5.02 Å². The third-order valence-corrected chi connectivity index (χ3v) is 4.39. The fourth-order valence-electron chi connectivity index (χ4n) is 2.47. The van der Waals surface area contributed by atoms with E-state index in [2.05, 4.69) is 5.32 Å². The molecule has 1 aromatic rings. The van der Waals surface area contributed by atoms with Crippen molar-refractivity contribution in [3.05, 3.63) is 17.2 Å². The summed E-state index contributed by atoms with van der Waals surface area (Å²) >= 11 is 6.32. The fourth-order valence-corrected chi connectivity index (χ4v) is 2.71. The van der Waals surface area contributed by atoms with Gasteiger partial charge >= 0.3 is 0 Å². The lowest BCUT2D eigenvalue weighted by Gasteiger charge is -2.38. The van der Waals surface area contributed by atoms with E-state index in [4.69, 9.17) is 25.8 Å². The Hall–Kier alpha value is -1.17. The van der Waals surface area contributed by atoms with Gasteiger partial charge in [0.1, 0.15) is 16.5 Å². The van der Waals surface area contributed by atoms with Gasteiger partial charge < -0.3 is 24.6 Å². The molecule has 1 fully saturated rings. The van der Waals surface area contributed by atoms with Crippen molar-refractivity contribution in [3.63, 3.8) is 0 Å². The molecule has 0 saturated carbocycles. The first-order chi connectivity index (χ1) is 10.00. The van der Waals surface area contributed by atoms with Gasteiger partial charge in [0.05, 0.1) is 31.5 Å². The highest BCUT2D eigenvalue weighted by Crippen LogP contribution is 2.38. The lowest BCUT2D eigenvalue weighted by molar-refractivity contribution is -0.0711. The normalized spacial score (nSPS) is 18.9. The minimum atomic E-state index is -0.808. The highest BCUT2D eigenvalue weighted by Gasteiger charge is 2.36. The zero-order valence-corrected chi connectivity index (χ0v) is 13.4. The minimum Gasteiger partial charge on any atom is -0.497 e. The summed E-state index contributed by atoms with van der Waals surface area (Å²) in [6.07, 6.45) is 1.19. The molecule has 0 spiro atoms. The molecule has 1 aliphatic heterocycles. The molecule has 1 aromatic carbocycles. The maximum Gasteiger partial charge on any atom is 0.143 e. The number of anilines is 1. The van der Waals surface area contributed by atoms with E-state index >= 15 is 0 Å². The van der Waals surface area contributed by atoms with E-state index in [-0.39, 0.29) is 6.04 Å². The second-order valence-corrected chi connectivity index (χ2v) is 5.65. The van der Waals surface area contributed by atoms with Gasteiger partial charge in [-0.05, 0) is 6.92 Å². The maximum atomic E-state index is 10.7. The molecule has 0 aliphatic carbocycles. The smallest absolute Gasteiger partial charge is 0.143 e. The molecule has 1 atom stereocenters.